The van der Waals surface area contributed by atoms with E-state index in [0.29, 0.717) is 0 Å². The minimum Gasteiger partial charge on any atom is -0.429 e. The van der Waals surface area contributed by atoms with Crippen LogP contribution in [0.5, 0.6) is 0 Å². The zero-order valence-electron chi connectivity index (χ0n) is 11.0. The van der Waals surface area contributed by atoms with Gasteiger partial charge in [0.1, 0.15) is 11.9 Å². The topological polar surface area (TPSA) is 177 Å². The number of aliphatic hydroxyl groups is 2. The van der Waals surface area contributed by atoms with E-state index in [-0.39, 0.29) is 5.82 Å². The molecule has 0 bridgehead atoms. The van der Waals surface area contributed by atoms with E-state index in [1.165, 1.54) is 12.3 Å². The number of carbonyl (C=O) groups excluding carboxylic acids is 1. The quantitative estimate of drug-likeness (QED) is 0.390. The molecule has 1 aliphatic rings. The van der Waals surface area contributed by atoms with Gasteiger partial charge in [0.25, 0.3) is 8.38 Å². The molecule has 122 valence electrons. The maximum absolute atomic E-state index is 11.7. The first-order valence-electron chi connectivity index (χ1n) is 6.02. The SMILES string of the molecule is Nc1ccn([C@@H]2O[C@H](OC(=O)P(O)O)[C@@H](CO)[C@H]2O)c(=O)n1. The summed E-state index contributed by atoms with van der Waals surface area (Å²) in [5.74, 6) is -1.10. The zero-order valence-corrected chi connectivity index (χ0v) is 11.9. The van der Waals surface area contributed by atoms with Gasteiger partial charge in [0, 0.05) is 6.20 Å². The number of aromatic nitrogens is 2. The van der Waals surface area contributed by atoms with Gasteiger partial charge in [-0.1, -0.05) is 0 Å². The molecule has 0 amide bonds. The minimum atomic E-state index is -3.00. The summed E-state index contributed by atoms with van der Waals surface area (Å²) in [7, 11) is -3.00. The molecule has 11 nitrogen and oxygen atoms in total. The number of nitrogens with zero attached hydrogens (tertiary/aromatic N) is 2. The summed E-state index contributed by atoms with van der Waals surface area (Å²) in [6, 6.07) is 1.30. The van der Waals surface area contributed by atoms with Crippen LogP contribution in [-0.2, 0) is 9.47 Å². The van der Waals surface area contributed by atoms with Crippen LogP contribution < -0.4 is 11.4 Å². The molecule has 4 atom stereocenters. The molecule has 1 aliphatic heterocycles. The summed E-state index contributed by atoms with van der Waals surface area (Å²) in [4.78, 5) is 43.9. The van der Waals surface area contributed by atoms with E-state index in [4.69, 9.17) is 20.3 Å². The van der Waals surface area contributed by atoms with Crippen molar-refractivity contribution in [3.63, 3.8) is 0 Å². The fourth-order valence-electron chi connectivity index (χ4n) is 2.00. The van der Waals surface area contributed by atoms with Crippen molar-refractivity contribution >= 4 is 19.9 Å². The molecule has 6 N–H and O–H groups in total. The standard InChI is InChI=1S/C10H14N3O8P/c11-5-1-2-13(9(16)12-5)7-6(15)4(3-14)8(20-7)21-10(17)22(18)19/h1-2,4,6-8,14-15,18-19H,3H2,(H2,11,12,16)/t4-,6+,7+,8+/m0/s1. The Morgan fingerprint density at radius 3 is 2.77 bits per heavy atom. The van der Waals surface area contributed by atoms with Gasteiger partial charge in [-0.2, -0.15) is 4.98 Å². The molecule has 22 heavy (non-hydrogen) atoms. The average molecular weight is 335 g/mol. The second-order valence-electron chi connectivity index (χ2n) is 4.45. The lowest BCUT2D eigenvalue weighted by molar-refractivity contribution is -0.132. The highest BCUT2D eigenvalue weighted by molar-refractivity contribution is 7.63. The maximum atomic E-state index is 11.7. The molecule has 2 rings (SSSR count). The highest BCUT2D eigenvalue weighted by Gasteiger charge is 2.47. The van der Waals surface area contributed by atoms with Crippen molar-refractivity contribution in [2.45, 2.75) is 18.6 Å². The molecule has 2 heterocycles. The lowest BCUT2D eigenvalue weighted by Gasteiger charge is -2.17. The predicted octanol–water partition coefficient (Wildman–Crippen LogP) is -1.92. The first-order chi connectivity index (χ1) is 10.3. The van der Waals surface area contributed by atoms with Crippen LogP contribution in [0.3, 0.4) is 0 Å². The van der Waals surface area contributed by atoms with E-state index in [0.717, 1.165) is 4.57 Å². The second kappa shape index (κ2) is 6.65. The number of nitrogen functional groups attached to an aromatic ring is 1. The van der Waals surface area contributed by atoms with Gasteiger partial charge in [-0.3, -0.25) is 4.57 Å². The molecule has 1 aromatic rings. The molecule has 1 saturated heterocycles. The van der Waals surface area contributed by atoms with Gasteiger partial charge in [0.2, 0.25) is 6.29 Å². The van der Waals surface area contributed by atoms with Crippen LogP contribution in [0.2, 0.25) is 0 Å². The first kappa shape index (κ1) is 16.7. The smallest absolute Gasteiger partial charge is 0.385 e. The van der Waals surface area contributed by atoms with Gasteiger partial charge < -0.3 is 35.2 Å². The van der Waals surface area contributed by atoms with Gasteiger partial charge in [0.05, 0.1) is 12.5 Å². The van der Waals surface area contributed by atoms with Gasteiger partial charge in [0.15, 0.2) is 6.23 Å². The number of carbonyl (C=O) groups is 1. The van der Waals surface area contributed by atoms with E-state index < -0.39 is 50.9 Å². The zero-order chi connectivity index (χ0) is 16.4. The molecule has 0 unspecified atom stereocenters. The van der Waals surface area contributed by atoms with E-state index in [1.807, 2.05) is 0 Å². The van der Waals surface area contributed by atoms with E-state index in [1.54, 1.807) is 0 Å². The van der Waals surface area contributed by atoms with Crippen molar-refractivity contribution in [1.82, 2.24) is 9.55 Å². The highest BCUT2D eigenvalue weighted by Crippen LogP contribution is 2.36. The number of hydrogen-bond donors (Lipinski definition) is 5. The fourth-order valence-corrected chi connectivity index (χ4v) is 2.19. The average Bonchev–Trinajstić information content (AvgIpc) is 2.74. The molecule has 0 spiro atoms. The van der Waals surface area contributed by atoms with Crippen LogP contribution in [0, 0.1) is 5.92 Å². The Kier molecular flexibility index (Phi) is 5.06. The van der Waals surface area contributed by atoms with Gasteiger partial charge in [-0.05, 0) is 6.07 Å². The lowest BCUT2D eigenvalue weighted by atomic mass is 10.0. The third kappa shape index (κ3) is 3.24. The Balaban J connectivity index is 2.24. The number of rotatable bonds is 4. The van der Waals surface area contributed by atoms with Crippen LogP contribution in [0.15, 0.2) is 17.1 Å². The monoisotopic (exact) mass is 335 g/mol. The Hall–Kier alpha value is -1.62. The number of nitrogens with two attached hydrogens (primary N) is 1. The summed E-state index contributed by atoms with van der Waals surface area (Å²) in [6.07, 6.45) is -2.90. The van der Waals surface area contributed by atoms with E-state index in [9.17, 15) is 19.8 Å². The molecule has 0 aliphatic carbocycles. The number of hydrogen-bond acceptors (Lipinski definition) is 10. The van der Waals surface area contributed by atoms with Crippen molar-refractivity contribution in [3.05, 3.63) is 22.7 Å². The summed E-state index contributed by atoms with van der Waals surface area (Å²) in [5.41, 5.74) is 3.19. The first-order valence-corrected chi connectivity index (χ1v) is 7.27. The molecule has 0 aromatic carbocycles. The number of aliphatic hydroxyl groups excluding tert-OH is 2. The Labute approximate surface area is 124 Å². The van der Waals surface area contributed by atoms with Gasteiger partial charge >= 0.3 is 11.4 Å². The van der Waals surface area contributed by atoms with Crippen molar-refractivity contribution in [1.29, 1.82) is 0 Å². The number of ether oxygens (including phenoxy) is 2. The Morgan fingerprint density at radius 1 is 1.55 bits per heavy atom. The highest BCUT2D eigenvalue weighted by atomic mass is 31.2. The summed E-state index contributed by atoms with van der Waals surface area (Å²) >= 11 is 0. The maximum Gasteiger partial charge on any atom is 0.385 e. The molecule has 0 saturated carbocycles. The fraction of sp³-hybridized carbons (Fsp3) is 0.500. The molecule has 0 radical (unpaired) electrons. The minimum absolute atomic E-state index is 0.0263. The number of anilines is 1. The summed E-state index contributed by atoms with van der Waals surface area (Å²) < 4.78 is 10.8. The van der Waals surface area contributed by atoms with Crippen molar-refractivity contribution in [2.24, 2.45) is 5.92 Å². The largest absolute Gasteiger partial charge is 0.429 e. The summed E-state index contributed by atoms with van der Waals surface area (Å²) in [6.45, 7) is -0.623. The molecule has 1 fully saturated rings. The van der Waals surface area contributed by atoms with Crippen LogP contribution >= 0.6 is 8.38 Å². The molecular formula is C10H14N3O8P. The Morgan fingerprint density at radius 2 is 2.23 bits per heavy atom. The normalized spacial score (nSPS) is 28.0. The van der Waals surface area contributed by atoms with Crippen molar-refractivity contribution in [3.8, 4) is 0 Å². The van der Waals surface area contributed by atoms with Crippen LogP contribution in [0.4, 0.5) is 10.6 Å². The lowest BCUT2D eigenvalue weighted by Crippen LogP contribution is -2.34. The Bertz CT molecular complexity index is 608. The predicted molar refractivity (Wildman–Crippen MR) is 71.2 cm³/mol. The third-order valence-corrected chi connectivity index (χ3v) is 3.50. The van der Waals surface area contributed by atoms with Gasteiger partial charge in [-0.15, -0.1) is 0 Å². The van der Waals surface area contributed by atoms with Crippen molar-refractivity contribution in [2.75, 3.05) is 12.3 Å². The molecular weight excluding hydrogens is 321 g/mol. The van der Waals surface area contributed by atoms with Crippen LogP contribution in [0.1, 0.15) is 6.23 Å². The summed E-state index contributed by atoms with van der Waals surface area (Å²) in [5, 5.41) is 19.4. The van der Waals surface area contributed by atoms with E-state index in [2.05, 4.69) is 9.72 Å². The molecule has 12 heteroatoms. The molecule has 1 aromatic heterocycles. The van der Waals surface area contributed by atoms with Crippen molar-refractivity contribution < 1.29 is 34.3 Å². The van der Waals surface area contributed by atoms with Gasteiger partial charge in [-0.25, -0.2) is 9.59 Å². The van der Waals surface area contributed by atoms with Crippen LogP contribution in [-0.4, -0.2) is 54.3 Å². The second-order valence-corrected chi connectivity index (χ2v) is 5.39. The van der Waals surface area contributed by atoms with Crippen LogP contribution in [0.25, 0.3) is 0 Å². The van der Waals surface area contributed by atoms with E-state index >= 15 is 0 Å². The third-order valence-electron chi connectivity index (χ3n) is 3.07.